The van der Waals surface area contributed by atoms with E-state index in [1.165, 1.54) is 0 Å². The first kappa shape index (κ1) is 15.1. The maximum Gasteiger partial charge on any atom is 0.303 e. The van der Waals surface area contributed by atoms with Crippen LogP contribution in [0.25, 0.3) is 10.9 Å². The average molecular weight is 322 g/mol. The molecule has 0 amide bonds. The van der Waals surface area contributed by atoms with Gasteiger partial charge in [0.1, 0.15) is 0 Å². The normalized spacial score (nSPS) is 21.7. The molecule has 1 fully saturated rings. The van der Waals surface area contributed by atoms with Crippen LogP contribution >= 0.6 is 0 Å². The van der Waals surface area contributed by atoms with Gasteiger partial charge in [-0.2, -0.15) is 0 Å². The lowest BCUT2D eigenvalue weighted by molar-refractivity contribution is -0.138. The molecular formula is C15H18N2O4S. The molecule has 0 atom stereocenters. The van der Waals surface area contributed by atoms with Crippen LogP contribution in [0.2, 0.25) is 0 Å². The maximum atomic E-state index is 12.4. The molecule has 0 spiro atoms. The SMILES string of the molecule is Cn1ccc2ccc(S(=O)(=O)NC3CC(CC(=O)O)C3)cc21. The molecule has 7 heteroatoms. The number of carboxylic acid groups (broad SMARTS) is 1. The van der Waals surface area contributed by atoms with Crippen LogP contribution in [0.15, 0.2) is 35.4 Å². The number of aromatic nitrogens is 1. The molecule has 0 radical (unpaired) electrons. The summed E-state index contributed by atoms with van der Waals surface area (Å²) < 4.78 is 29.3. The molecule has 118 valence electrons. The van der Waals surface area contributed by atoms with Gasteiger partial charge in [0.25, 0.3) is 0 Å². The number of carboxylic acids is 1. The summed E-state index contributed by atoms with van der Waals surface area (Å²) in [5, 5.41) is 9.70. The molecular weight excluding hydrogens is 304 g/mol. The van der Waals surface area contributed by atoms with Crippen LogP contribution in [0.5, 0.6) is 0 Å². The highest BCUT2D eigenvalue weighted by molar-refractivity contribution is 7.89. The van der Waals surface area contributed by atoms with E-state index in [2.05, 4.69) is 4.72 Å². The van der Waals surface area contributed by atoms with Crippen molar-refractivity contribution in [3.8, 4) is 0 Å². The van der Waals surface area contributed by atoms with Crippen LogP contribution in [0.1, 0.15) is 19.3 Å². The smallest absolute Gasteiger partial charge is 0.303 e. The first-order valence-corrected chi connectivity index (χ1v) is 8.63. The molecule has 1 heterocycles. The van der Waals surface area contributed by atoms with Crippen molar-refractivity contribution in [1.82, 2.24) is 9.29 Å². The van der Waals surface area contributed by atoms with Crippen molar-refractivity contribution in [2.45, 2.75) is 30.2 Å². The van der Waals surface area contributed by atoms with Gasteiger partial charge in [-0.1, -0.05) is 6.07 Å². The van der Waals surface area contributed by atoms with Crippen LogP contribution in [-0.2, 0) is 21.9 Å². The van der Waals surface area contributed by atoms with E-state index in [0.29, 0.717) is 12.8 Å². The number of benzene rings is 1. The number of sulfonamides is 1. The van der Waals surface area contributed by atoms with Gasteiger partial charge >= 0.3 is 5.97 Å². The predicted molar refractivity (Wildman–Crippen MR) is 82.0 cm³/mol. The van der Waals surface area contributed by atoms with Crippen molar-refractivity contribution in [1.29, 1.82) is 0 Å². The molecule has 3 rings (SSSR count). The van der Waals surface area contributed by atoms with Gasteiger partial charge in [-0.25, -0.2) is 13.1 Å². The second-order valence-corrected chi connectivity index (χ2v) is 7.61. The van der Waals surface area contributed by atoms with Gasteiger partial charge in [0, 0.05) is 31.2 Å². The Balaban J connectivity index is 1.72. The lowest BCUT2D eigenvalue weighted by Crippen LogP contribution is -2.44. The topological polar surface area (TPSA) is 88.4 Å². The monoisotopic (exact) mass is 322 g/mol. The van der Waals surface area contributed by atoms with E-state index in [1.54, 1.807) is 18.2 Å². The standard InChI is InChI=1S/C15H18N2O4S/c1-17-5-4-11-2-3-13(9-14(11)17)22(20,21)16-12-6-10(7-12)8-15(18)19/h2-5,9-10,12,16H,6-8H2,1H3,(H,18,19). The summed E-state index contributed by atoms with van der Waals surface area (Å²) >= 11 is 0. The Morgan fingerprint density at radius 3 is 2.77 bits per heavy atom. The Morgan fingerprint density at radius 2 is 2.09 bits per heavy atom. The third-order valence-electron chi connectivity index (χ3n) is 4.19. The van der Waals surface area contributed by atoms with E-state index in [4.69, 9.17) is 5.11 Å². The molecule has 1 aliphatic rings. The molecule has 1 saturated carbocycles. The minimum absolute atomic E-state index is 0.0700. The zero-order valence-electron chi connectivity index (χ0n) is 12.2. The summed E-state index contributed by atoms with van der Waals surface area (Å²) in [4.78, 5) is 10.8. The number of aryl methyl sites for hydroxylation is 1. The van der Waals surface area contributed by atoms with Gasteiger partial charge in [-0.15, -0.1) is 0 Å². The first-order chi connectivity index (χ1) is 10.3. The molecule has 0 unspecified atom stereocenters. The van der Waals surface area contributed by atoms with E-state index < -0.39 is 16.0 Å². The second-order valence-electron chi connectivity index (χ2n) is 5.90. The third kappa shape index (κ3) is 2.86. The fraction of sp³-hybridized carbons (Fsp3) is 0.400. The molecule has 0 aliphatic heterocycles. The lowest BCUT2D eigenvalue weighted by atomic mass is 9.79. The molecule has 0 saturated heterocycles. The van der Waals surface area contributed by atoms with Gasteiger partial charge in [-0.3, -0.25) is 4.79 Å². The molecule has 2 aromatic rings. The summed E-state index contributed by atoms with van der Waals surface area (Å²) in [6.07, 6.45) is 3.15. The number of nitrogens with zero attached hydrogens (tertiary/aromatic N) is 1. The number of hydrogen-bond acceptors (Lipinski definition) is 3. The Labute approximate surface area is 128 Å². The van der Waals surface area contributed by atoms with E-state index in [1.807, 2.05) is 23.9 Å². The highest BCUT2D eigenvalue weighted by atomic mass is 32.2. The van der Waals surface area contributed by atoms with Crippen LogP contribution in [0, 0.1) is 5.92 Å². The Kier molecular flexibility index (Phi) is 3.70. The minimum Gasteiger partial charge on any atom is -0.481 e. The van der Waals surface area contributed by atoms with Gasteiger partial charge in [0.15, 0.2) is 0 Å². The summed E-state index contributed by atoms with van der Waals surface area (Å²) in [7, 11) is -1.70. The van der Waals surface area contributed by atoms with Gasteiger partial charge < -0.3 is 9.67 Å². The van der Waals surface area contributed by atoms with E-state index in [-0.39, 0.29) is 23.3 Å². The summed E-state index contributed by atoms with van der Waals surface area (Å²) in [6, 6.07) is 6.81. The number of nitrogens with one attached hydrogen (secondary N) is 1. The summed E-state index contributed by atoms with van der Waals surface area (Å²) in [5.74, 6) is -0.763. The third-order valence-corrected chi connectivity index (χ3v) is 5.71. The zero-order chi connectivity index (χ0) is 15.9. The highest BCUT2D eigenvalue weighted by Gasteiger charge is 2.33. The van der Waals surface area contributed by atoms with Crippen LogP contribution < -0.4 is 4.72 Å². The highest BCUT2D eigenvalue weighted by Crippen LogP contribution is 2.31. The van der Waals surface area contributed by atoms with Crippen molar-refractivity contribution in [2.75, 3.05) is 0 Å². The second kappa shape index (κ2) is 5.40. The van der Waals surface area contributed by atoms with Crippen molar-refractivity contribution < 1.29 is 18.3 Å². The molecule has 2 N–H and O–H groups in total. The number of hydrogen-bond donors (Lipinski definition) is 2. The van der Waals surface area contributed by atoms with Gasteiger partial charge in [0.2, 0.25) is 10.0 Å². The van der Waals surface area contributed by atoms with Crippen LogP contribution in [0.4, 0.5) is 0 Å². The lowest BCUT2D eigenvalue weighted by Gasteiger charge is -2.34. The molecule has 1 aromatic carbocycles. The number of aliphatic carboxylic acids is 1. The Morgan fingerprint density at radius 1 is 1.36 bits per heavy atom. The molecule has 6 nitrogen and oxygen atoms in total. The van der Waals surface area contributed by atoms with Crippen molar-refractivity contribution >= 4 is 26.9 Å². The van der Waals surface area contributed by atoms with Gasteiger partial charge in [0.05, 0.1) is 4.90 Å². The number of rotatable bonds is 5. The first-order valence-electron chi connectivity index (χ1n) is 7.14. The summed E-state index contributed by atoms with van der Waals surface area (Å²) in [6.45, 7) is 0. The van der Waals surface area contributed by atoms with Gasteiger partial charge in [-0.05, 0) is 42.3 Å². The van der Waals surface area contributed by atoms with Crippen LogP contribution in [-0.4, -0.2) is 30.1 Å². The summed E-state index contributed by atoms with van der Waals surface area (Å²) in [5.41, 5.74) is 0.861. The van der Waals surface area contributed by atoms with Crippen molar-refractivity contribution in [2.24, 2.45) is 13.0 Å². The fourth-order valence-corrected chi connectivity index (χ4v) is 4.22. The van der Waals surface area contributed by atoms with Crippen LogP contribution in [0.3, 0.4) is 0 Å². The maximum absolute atomic E-state index is 12.4. The number of fused-ring (bicyclic) bond motifs is 1. The quantitative estimate of drug-likeness (QED) is 0.877. The molecule has 0 bridgehead atoms. The Hall–Kier alpha value is -1.86. The largest absolute Gasteiger partial charge is 0.481 e. The van der Waals surface area contributed by atoms with Crippen molar-refractivity contribution in [3.63, 3.8) is 0 Å². The molecule has 22 heavy (non-hydrogen) atoms. The van der Waals surface area contributed by atoms with E-state index >= 15 is 0 Å². The molecule has 1 aliphatic carbocycles. The zero-order valence-corrected chi connectivity index (χ0v) is 13.0. The predicted octanol–water partition coefficient (Wildman–Crippen LogP) is 1.71. The minimum atomic E-state index is -3.57. The van der Waals surface area contributed by atoms with E-state index in [0.717, 1.165) is 10.9 Å². The average Bonchev–Trinajstić information content (AvgIpc) is 2.77. The van der Waals surface area contributed by atoms with E-state index in [9.17, 15) is 13.2 Å². The van der Waals surface area contributed by atoms with Crippen molar-refractivity contribution in [3.05, 3.63) is 30.5 Å². The molecule has 1 aromatic heterocycles. The fourth-order valence-electron chi connectivity index (χ4n) is 2.94. The number of carbonyl (C=O) groups is 1. The Bertz CT molecular complexity index is 819.